The molecule has 0 spiro atoms. The fourth-order valence-corrected chi connectivity index (χ4v) is 6.77. The van der Waals surface area contributed by atoms with E-state index in [0.29, 0.717) is 23.9 Å². The zero-order chi connectivity index (χ0) is 22.9. The van der Waals surface area contributed by atoms with Gasteiger partial charge in [0.15, 0.2) is 5.13 Å². The molecule has 2 aromatic rings. The maximum atomic E-state index is 12.8. The number of fused-ring (bicyclic) bond motifs is 1. The van der Waals surface area contributed by atoms with Crippen molar-refractivity contribution in [3.63, 3.8) is 0 Å². The SMILES string of the molecule is CCN(CC)S(=O)(=O)c1ccc(N2CC(C(=O)Nc3nc4c(s3)CCCC4)CC2=O)cc1. The molecule has 32 heavy (non-hydrogen) atoms. The first-order valence-corrected chi connectivity index (χ1v) is 13.3. The van der Waals surface area contributed by atoms with E-state index >= 15 is 0 Å². The molecule has 8 nitrogen and oxygen atoms in total. The number of rotatable bonds is 7. The Balaban J connectivity index is 1.43. The Morgan fingerprint density at radius 2 is 1.88 bits per heavy atom. The summed E-state index contributed by atoms with van der Waals surface area (Å²) >= 11 is 1.53. The standard InChI is InChI=1S/C22H28N4O4S2/c1-3-25(4-2)32(29,30)17-11-9-16(10-12-17)26-14-15(13-20(26)27)21(28)24-22-23-18-7-5-6-8-19(18)31-22/h9-12,15H,3-8,13-14H2,1-2H3,(H,23,24,28). The van der Waals surface area contributed by atoms with Crippen molar-refractivity contribution in [2.45, 2.75) is 50.8 Å². The van der Waals surface area contributed by atoms with Crippen molar-refractivity contribution in [2.75, 3.05) is 29.9 Å². The number of nitrogens with zero attached hydrogens (tertiary/aromatic N) is 3. The summed E-state index contributed by atoms with van der Waals surface area (Å²) in [6, 6.07) is 6.29. The highest BCUT2D eigenvalue weighted by atomic mass is 32.2. The first-order valence-electron chi connectivity index (χ1n) is 11.0. The quantitative estimate of drug-likeness (QED) is 0.662. The van der Waals surface area contributed by atoms with Crippen LogP contribution in [0.5, 0.6) is 0 Å². The molecule has 2 aliphatic rings. The normalized spacial score (nSPS) is 18.8. The Morgan fingerprint density at radius 3 is 2.53 bits per heavy atom. The minimum absolute atomic E-state index is 0.121. The Labute approximate surface area is 192 Å². The number of thiazole rings is 1. The number of carbonyl (C=O) groups is 2. The highest BCUT2D eigenvalue weighted by Crippen LogP contribution is 2.31. The van der Waals surface area contributed by atoms with Crippen molar-refractivity contribution in [3.8, 4) is 0 Å². The highest BCUT2D eigenvalue weighted by Gasteiger charge is 2.36. The van der Waals surface area contributed by atoms with Gasteiger partial charge in [-0.15, -0.1) is 11.3 Å². The maximum absolute atomic E-state index is 12.8. The Bertz CT molecular complexity index is 1080. The summed E-state index contributed by atoms with van der Waals surface area (Å²) in [7, 11) is -3.56. The first-order chi connectivity index (χ1) is 15.3. The number of nitrogens with one attached hydrogen (secondary N) is 1. The van der Waals surface area contributed by atoms with E-state index < -0.39 is 15.9 Å². The lowest BCUT2D eigenvalue weighted by Gasteiger charge is -2.20. The summed E-state index contributed by atoms with van der Waals surface area (Å²) in [5.41, 5.74) is 1.67. The summed E-state index contributed by atoms with van der Waals surface area (Å²) in [6.07, 6.45) is 4.38. The van der Waals surface area contributed by atoms with Crippen molar-refractivity contribution < 1.29 is 18.0 Å². The second kappa shape index (κ2) is 9.29. The average molecular weight is 477 g/mol. The van der Waals surface area contributed by atoms with Crippen LogP contribution in [-0.2, 0) is 32.5 Å². The number of hydrogen-bond donors (Lipinski definition) is 1. The Kier molecular flexibility index (Phi) is 6.64. The van der Waals surface area contributed by atoms with Crippen LogP contribution in [0, 0.1) is 5.92 Å². The van der Waals surface area contributed by atoms with Crippen molar-refractivity contribution >= 4 is 44.0 Å². The molecule has 1 saturated heterocycles. The van der Waals surface area contributed by atoms with Crippen LogP contribution in [0.3, 0.4) is 0 Å². The van der Waals surface area contributed by atoms with Crippen molar-refractivity contribution in [1.29, 1.82) is 0 Å². The van der Waals surface area contributed by atoms with Crippen molar-refractivity contribution in [2.24, 2.45) is 5.92 Å². The molecule has 0 saturated carbocycles. The van der Waals surface area contributed by atoms with Crippen LogP contribution in [-0.4, -0.2) is 49.2 Å². The van der Waals surface area contributed by atoms with E-state index in [-0.39, 0.29) is 29.7 Å². The summed E-state index contributed by atoms with van der Waals surface area (Å²) in [4.78, 5) is 32.9. The van der Waals surface area contributed by atoms with Gasteiger partial charge in [0.1, 0.15) is 0 Å². The predicted molar refractivity (Wildman–Crippen MR) is 124 cm³/mol. The monoisotopic (exact) mass is 476 g/mol. The van der Waals surface area contributed by atoms with Gasteiger partial charge < -0.3 is 10.2 Å². The van der Waals surface area contributed by atoms with Gasteiger partial charge >= 0.3 is 0 Å². The lowest BCUT2D eigenvalue weighted by Crippen LogP contribution is -2.31. The molecule has 0 bridgehead atoms. The van der Waals surface area contributed by atoms with E-state index in [1.54, 1.807) is 30.9 Å². The number of aromatic nitrogens is 1. The largest absolute Gasteiger partial charge is 0.312 e. The van der Waals surface area contributed by atoms with Gasteiger partial charge in [0, 0.05) is 36.6 Å². The Hall–Kier alpha value is -2.30. The number of aryl methyl sites for hydroxylation is 2. The molecule has 1 aliphatic carbocycles. The van der Waals surface area contributed by atoms with E-state index in [0.717, 1.165) is 31.4 Å². The second-order valence-corrected chi connectivity index (χ2v) is 11.1. The molecule has 172 valence electrons. The van der Waals surface area contributed by atoms with Crippen LogP contribution in [0.4, 0.5) is 10.8 Å². The number of anilines is 2. The molecule has 0 radical (unpaired) electrons. The van der Waals surface area contributed by atoms with Crippen LogP contribution >= 0.6 is 11.3 Å². The molecule has 1 atom stereocenters. The third kappa shape index (κ3) is 4.44. The zero-order valence-corrected chi connectivity index (χ0v) is 20.0. The Morgan fingerprint density at radius 1 is 1.19 bits per heavy atom. The average Bonchev–Trinajstić information content (AvgIpc) is 3.37. The van der Waals surface area contributed by atoms with Crippen LogP contribution in [0.1, 0.15) is 43.7 Å². The minimum Gasteiger partial charge on any atom is -0.312 e. The van der Waals surface area contributed by atoms with E-state index in [4.69, 9.17) is 0 Å². The van der Waals surface area contributed by atoms with Gasteiger partial charge in [0.2, 0.25) is 21.8 Å². The molecule has 1 aromatic carbocycles. The van der Waals surface area contributed by atoms with Crippen molar-refractivity contribution in [3.05, 3.63) is 34.8 Å². The van der Waals surface area contributed by atoms with Gasteiger partial charge in [-0.1, -0.05) is 13.8 Å². The van der Waals surface area contributed by atoms with Gasteiger partial charge in [-0.05, 0) is 49.9 Å². The number of hydrogen-bond acceptors (Lipinski definition) is 6. The second-order valence-electron chi connectivity index (χ2n) is 8.07. The predicted octanol–water partition coefficient (Wildman–Crippen LogP) is 3.04. The zero-order valence-electron chi connectivity index (χ0n) is 18.3. The molecular formula is C22H28N4O4S2. The smallest absolute Gasteiger partial charge is 0.243 e. The van der Waals surface area contributed by atoms with Gasteiger partial charge in [0.05, 0.1) is 16.5 Å². The molecule has 1 unspecified atom stereocenters. The van der Waals surface area contributed by atoms with Gasteiger partial charge in [-0.2, -0.15) is 4.31 Å². The van der Waals surface area contributed by atoms with E-state index in [1.165, 1.54) is 32.7 Å². The highest BCUT2D eigenvalue weighted by molar-refractivity contribution is 7.89. The van der Waals surface area contributed by atoms with Gasteiger partial charge in [0.25, 0.3) is 0 Å². The van der Waals surface area contributed by atoms with Gasteiger partial charge in [-0.3, -0.25) is 9.59 Å². The molecule has 1 aromatic heterocycles. The molecule has 10 heteroatoms. The van der Waals surface area contributed by atoms with E-state index in [2.05, 4.69) is 10.3 Å². The van der Waals surface area contributed by atoms with Crippen LogP contribution < -0.4 is 10.2 Å². The number of carbonyl (C=O) groups excluding carboxylic acids is 2. The number of benzene rings is 1. The number of sulfonamides is 1. The minimum atomic E-state index is -3.56. The molecule has 2 heterocycles. The van der Waals surface area contributed by atoms with Gasteiger partial charge in [-0.25, -0.2) is 13.4 Å². The van der Waals surface area contributed by atoms with E-state index in [1.807, 2.05) is 0 Å². The third-order valence-electron chi connectivity index (χ3n) is 6.06. The molecule has 1 N–H and O–H groups in total. The van der Waals surface area contributed by atoms with Crippen LogP contribution in [0.2, 0.25) is 0 Å². The summed E-state index contributed by atoms with van der Waals surface area (Å²) < 4.78 is 26.7. The topological polar surface area (TPSA) is 99.7 Å². The molecule has 2 amide bonds. The van der Waals surface area contributed by atoms with Crippen LogP contribution in [0.15, 0.2) is 29.2 Å². The van der Waals surface area contributed by atoms with Crippen molar-refractivity contribution in [1.82, 2.24) is 9.29 Å². The summed E-state index contributed by atoms with van der Waals surface area (Å²) in [5.74, 6) is -0.821. The fourth-order valence-electron chi connectivity index (χ4n) is 4.26. The third-order valence-corrected chi connectivity index (χ3v) is 9.20. The summed E-state index contributed by atoms with van der Waals surface area (Å²) in [5, 5.41) is 3.50. The molecule has 1 aliphatic heterocycles. The summed E-state index contributed by atoms with van der Waals surface area (Å²) in [6.45, 7) is 4.64. The number of amides is 2. The lowest BCUT2D eigenvalue weighted by atomic mass is 10.0. The van der Waals surface area contributed by atoms with E-state index in [9.17, 15) is 18.0 Å². The molecule has 4 rings (SSSR count). The maximum Gasteiger partial charge on any atom is 0.243 e. The first kappa shape index (κ1) is 22.9. The molecular weight excluding hydrogens is 448 g/mol. The van der Waals surface area contributed by atoms with Crippen LogP contribution in [0.25, 0.3) is 0 Å². The molecule has 1 fully saturated rings. The fraction of sp³-hybridized carbons (Fsp3) is 0.500. The lowest BCUT2D eigenvalue weighted by molar-refractivity contribution is -0.122.